The molecule has 0 bridgehead atoms. The Kier molecular flexibility index (Phi) is 3.97. The van der Waals surface area contributed by atoms with Gasteiger partial charge in [-0.3, -0.25) is 4.79 Å². The average molecular weight is 346 g/mol. The van der Waals surface area contributed by atoms with E-state index in [1.165, 1.54) is 0 Å². The number of anilines is 1. The molecule has 3 rings (SSSR count). The molecule has 108 valence electrons. The van der Waals surface area contributed by atoms with Gasteiger partial charge in [0.15, 0.2) is 5.78 Å². The Labute approximate surface area is 132 Å². The fourth-order valence-corrected chi connectivity index (χ4v) is 3.19. The Morgan fingerprint density at radius 3 is 2.95 bits per heavy atom. The van der Waals surface area contributed by atoms with Crippen molar-refractivity contribution >= 4 is 27.4 Å². The van der Waals surface area contributed by atoms with Gasteiger partial charge in [0.05, 0.1) is 6.61 Å². The molecule has 2 aromatic rings. The Bertz CT molecular complexity index is 684. The van der Waals surface area contributed by atoms with E-state index in [1.54, 1.807) is 12.1 Å². The van der Waals surface area contributed by atoms with Crippen molar-refractivity contribution in [3.05, 3.63) is 58.1 Å². The minimum absolute atomic E-state index is 0.107. The Balaban J connectivity index is 1.84. The zero-order valence-electron chi connectivity index (χ0n) is 11.5. The molecular weight excluding hydrogens is 330 g/mol. The summed E-state index contributed by atoms with van der Waals surface area (Å²) in [6.45, 7) is 0.660. The lowest BCUT2D eigenvalue weighted by Crippen LogP contribution is -2.17. The first-order valence-electron chi connectivity index (χ1n) is 6.95. The SMILES string of the molecule is Nc1ccc(Br)c(C(=O)CC2CCOc3ccccc32)c1. The first-order chi connectivity index (χ1) is 10.1. The van der Waals surface area contributed by atoms with Crippen molar-refractivity contribution in [1.29, 1.82) is 0 Å². The maximum Gasteiger partial charge on any atom is 0.164 e. The number of nitrogen functional groups attached to an aromatic ring is 1. The van der Waals surface area contributed by atoms with Crippen LogP contribution >= 0.6 is 15.9 Å². The fourth-order valence-electron chi connectivity index (χ4n) is 2.72. The maximum absolute atomic E-state index is 12.6. The molecule has 0 aromatic heterocycles. The molecule has 0 radical (unpaired) electrons. The van der Waals surface area contributed by atoms with Crippen LogP contribution < -0.4 is 10.5 Å². The molecule has 0 aliphatic carbocycles. The lowest BCUT2D eigenvalue weighted by atomic mass is 9.87. The zero-order chi connectivity index (χ0) is 14.8. The topological polar surface area (TPSA) is 52.3 Å². The Hall–Kier alpha value is -1.81. The van der Waals surface area contributed by atoms with Crippen LogP contribution in [0.1, 0.15) is 34.7 Å². The zero-order valence-corrected chi connectivity index (χ0v) is 13.1. The van der Waals surface area contributed by atoms with Crippen molar-refractivity contribution in [2.45, 2.75) is 18.8 Å². The number of ketones is 1. The van der Waals surface area contributed by atoms with Crippen LogP contribution in [0.2, 0.25) is 0 Å². The van der Waals surface area contributed by atoms with Crippen molar-refractivity contribution in [1.82, 2.24) is 0 Å². The molecule has 1 aliphatic rings. The summed E-state index contributed by atoms with van der Waals surface area (Å²) in [4.78, 5) is 12.6. The first kappa shape index (κ1) is 14.1. The summed E-state index contributed by atoms with van der Waals surface area (Å²) in [5, 5.41) is 0. The highest BCUT2D eigenvalue weighted by Crippen LogP contribution is 2.36. The highest BCUT2D eigenvalue weighted by Gasteiger charge is 2.24. The monoisotopic (exact) mass is 345 g/mol. The molecule has 2 N–H and O–H groups in total. The predicted octanol–water partition coefficient (Wildman–Crippen LogP) is 4.17. The minimum Gasteiger partial charge on any atom is -0.493 e. The largest absolute Gasteiger partial charge is 0.493 e. The number of carbonyl (C=O) groups excluding carboxylic acids is 1. The summed E-state index contributed by atoms with van der Waals surface area (Å²) in [5.41, 5.74) is 8.16. The molecule has 0 amide bonds. The van der Waals surface area contributed by atoms with Gasteiger partial charge in [0.2, 0.25) is 0 Å². The van der Waals surface area contributed by atoms with Crippen LogP contribution in [0.4, 0.5) is 5.69 Å². The number of para-hydroxylation sites is 1. The van der Waals surface area contributed by atoms with Gasteiger partial charge >= 0.3 is 0 Å². The number of hydrogen-bond donors (Lipinski definition) is 1. The van der Waals surface area contributed by atoms with E-state index in [1.807, 2.05) is 30.3 Å². The summed E-state index contributed by atoms with van der Waals surface area (Å²) in [5.74, 6) is 1.21. The molecule has 1 aliphatic heterocycles. The third kappa shape index (κ3) is 2.95. The normalized spacial score (nSPS) is 16.9. The van der Waals surface area contributed by atoms with Gasteiger partial charge in [-0.1, -0.05) is 34.1 Å². The van der Waals surface area contributed by atoms with Crippen LogP contribution in [0.5, 0.6) is 5.75 Å². The number of nitrogens with two attached hydrogens (primary N) is 1. The molecule has 1 unspecified atom stereocenters. The molecule has 2 aromatic carbocycles. The van der Waals surface area contributed by atoms with E-state index in [4.69, 9.17) is 10.5 Å². The number of hydrogen-bond acceptors (Lipinski definition) is 3. The number of fused-ring (bicyclic) bond motifs is 1. The second-order valence-corrected chi connectivity index (χ2v) is 6.09. The molecule has 4 heteroatoms. The molecular formula is C17H16BrNO2. The van der Waals surface area contributed by atoms with E-state index >= 15 is 0 Å². The van der Waals surface area contributed by atoms with Crippen LogP contribution in [-0.2, 0) is 0 Å². The van der Waals surface area contributed by atoms with Gasteiger partial charge < -0.3 is 10.5 Å². The number of ether oxygens (including phenoxy) is 1. The summed E-state index contributed by atoms with van der Waals surface area (Å²) in [6.07, 6.45) is 1.34. The van der Waals surface area contributed by atoms with Crippen molar-refractivity contribution in [3.8, 4) is 5.75 Å². The van der Waals surface area contributed by atoms with Crippen molar-refractivity contribution in [2.24, 2.45) is 0 Å². The van der Waals surface area contributed by atoms with Crippen molar-refractivity contribution in [3.63, 3.8) is 0 Å². The number of carbonyl (C=O) groups is 1. The highest BCUT2D eigenvalue weighted by atomic mass is 79.9. The molecule has 0 saturated carbocycles. The second-order valence-electron chi connectivity index (χ2n) is 5.24. The molecule has 21 heavy (non-hydrogen) atoms. The molecule has 1 heterocycles. The summed E-state index contributed by atoms with van der Waals surface area (Å²) >= 11 is 3.43. The number of Topliss-reactive ketones (excluding diaryl/α,β-unsaturated/α-hetero) is 1. The number of benzene rings is 2. The smallest absolute Gasteiger partial charge is 0.164 e. The van der Waals surface area contributed by atoms with E-state index in [2.05, 4.69) is 15.9 Å². The standard InChI is InChI=1S/C17H16BrNO2/c18-15-6-5-12(19)10-14(15)16(20)9-11-7-8-21-17-4-2-1-3-13(11)17/h1-6,10-11H,7-9,19H2. The molecule has 1 atom stereocenters. The highest BCUT2D eigenvalue weighted by molar-refractivity contribution is 9.10. The molecule has 3 nitrogen and oxygen atoms in total. The van der Waals surface area contributed by atoms with E-state index in [0.29, 0.717) is 24.3 Å². The molecule has 0 saturated heterocycles. The summed E-state index contributed by atoms with van der Waals surface area (Å²) < 4.78 is 6.44. The van der Waals surface area contributed by atoms with Crippen molar-refractivity contribution in [2.75, 3.05) is 12.3 Å². The van der Waals surface area contributed by atoms with Gasteiger partial charge in [0, 0.05) is 22.1 Å². The molecule has 0 fully saturated rings. The average Bonchev–Trinajstić information content (AvgIpc) is 2.50. The minimum atomic E-state index is 0.107. The number of halogens is 1. The Morgan fingerprint density at radius 2 is 2.10 bits per heavy atom. The third-order valence-corrected chi connectivity index (χ3v) is 4.50. The lowest BCUT2D eigenvalue weighted by Gasteiger charge is -2.25. The molecule has 0 spiro atoms. The summed E-state index contributed by atoms with van der Waals surface area (Å²) in [7, 11) is 0. The van der Waals surface area contributed by atoms with Gasteiger partial charge in [-0.2, -0.15) is 0 Å². The van der Waals surface area contributed by atoms with Crippen LogP contribution in [0.25, 0.3) is 0 Å². The van der Waals surface area contributed by atoms with Gasteiger partial charge in [0.25, 0.3) is 0 Å². The maximum atomic E-state index is 12.6. The van der Waals surface area contributed by atoms with E-state index in [0.717, 1.165) is 22.2 Å². The van der Waals surface area contributed by atoms with Crippen molar-refractivity contribution < 1.29 is 9.53 Å². The number of rotatable bonds is 3. The van der Waals surface area contributed by atoms with Crippen LogP contribution in [0.3, 0.4) is 0 Å². The van der Waals surface area contributed by atoms with E-state index < -0.39 is 0 Å². The Morgan fingerprint density at radius 1 is 1.29 bits per heavy atom. The predicted molar refractivity (Wildman–Crippen MR) is 86.8 cm³/mol. The first-order valence-corrected chi connectivity index (χ1v) is 7.74. The van der Waals surface area contributed by atoms with Gasteiger partial charge in [0.1, 0.15) is 5.75 Å². The van der Waals surface area contributed by atoms with Crippen LogP contribution in [0, 0.1) is 0 Å². The second kappa shape index (κ2) is 5.90. The fraction of sp³-hybridized carbons (Fsp3) is 0.235. The van der Waals surface area contributed by atoms with Gasteiger partial charge in [-0.25, -0.2) is 0 Å². The quantitative estimate of drug-likeness (QED) is 0.670. The van der Waals surface area contributed by atoms with Gasteiger partial charge in [-0.15, -0.1) is 0 Å². The van der Waals surface area contributed by atoms with Crippen LogP contribution in [-0.4, -0.2) is 12.4 Å². The van der Waals surface area contributed by atoms with Gasteiger partial charge in [-0.05, 0) is 42.2 Å². The van der Waals surface area contributed by atoms with E-state index in [9.17, 15) is 4.79 Å². The van der Waals surface area contributed by atoms with E-state index in [-0.39, 0.29) is 11.7 Å². The lowest BCUT2D eigenvalue weighted by molar-refractivity contribution is 0.0965. The third-order valence-electron chi connectivity index (χ3n) is 3.81. The van der Waals surface area contributed by atoms with Crippen LogP contribution in [0.15, 0.2) is 46.9 Å². The summed E-state index contributed by atoms with van der Waals surface area (Å²) in [6, 6.07) is 13.3.